The number of hydrogen-bond donors (Lipinski definition) is 1. The van der Waals surface area contributed by atoms with E-state index in [0.717, 1.165) is 24.9 Å². The zero-order valence-electron chi connectivity index (χ0n) is 12.2. The molecule has 0 spiro atoms. The first-order valence-electron chi connectivity index (χ1n) is 7.32. The second-order valence-electron chi connectivity index (χ2n) is 5.04. The van der Waals surface area contributed by atoms with Crippen LogP contribution >= 0.6 is 0 Å². The number of aryl methyl sites for hydroxylation is 1. The van der Waals surface area contributed by atoms with Crippen LogP contribution < -0.4 is 5.32 Å². The van der Waals surface area contributed by atoms with Crippen LogP contribution in [0.5, 0.6) is 0 Å². The molecule has 1 atom stereocenters. The summed E-state index contributed by atoms with van der Waals surface area (Å²) in [6, 6.07) is 15.4. The van der Waals surface area contributed by atoms with Crippen molar-refractivity contribution in [3.63, 3.8) is 0 Å². The Bertz CT molecular complexity index is 551. The van der Waals surface area contributed by atoms with Gasteiger partial charge in [-0.3, -0.25) is 0 Å². The molecule has 0 aliphatic rings. The number of rotatable bonds is 6. The smallest absolute Gasteiger partial charge is 0.123 e. The summed E-state index contributed by atoms with van der Waals surface area (Å²) in [4.78, 5) is 0. The molecule has 1 unspecified atom stereocenters. The molecule has 0 fully saturated rings. The molecule has 106 valence electrons. The van der Waals surface area contributed by atoms with Crippen molar-refractivity contribution in [2.24, 2.45) is 0 Å². The minimum absolute atomic E-state index is 0.0529. The molecule has 0 bridgehead atoms. The van der Waals surface area contributed by atoms with E-state index in [0.29, 0.717) is 0 Å². The van der Waals surface area contributed by atoms with E-state index in [4.69, 9.17) is 0 Å². The van der Waals surface area contributed by atoms with E-state index in [-0.39, 0.29) is 11.9 Å². The first-order chi connectivity index (χ1) is 9.74. The van der Waals surface area contributed by atoms with Crippen LogP contribution in [0.25, 0.3) is 0 Å². The van der Waals surface area contributed by atoms with Crippen molar-refractivity contribution in [1.29, 1.82) is 0 Å². The van der Waals surface area contributed by atoms with Crippen LogP contribution in [-0.4, -0.2) is 6.54 Å². The fourth-order valence-corrected chi connectivity index (χ4v) is 2.40. The van der Waals surface area contributed by atoms with Crippen LogP contribution in [0, 0.1) is 5.82 Å². The molecule has 0 saturated heterocycles. The monoisotopic (exact) mass is 271 g/mol. The Balaban J connectivity index is 2.35. The van der Waals surface area contributed by atoms with Crippen molar-refractivity contribution in [3.05, 3.63) is 71.0 Å². The number of nitrogens with one attached hydrogen (secondary N) is 1. The zero-order valence-corrected chi connectivity index (χ0v) is 12.2. The van der Waals surface area contributed by atoms with Gasteiger partial charge in [-0.1, -0.05) is 50.2 Å². The van der Waals surface area contributed by atoms with Crippen molar-refractivity contribution in [2.45, 2.75) is 32.7 Å². The first-order valence-corrected chi connectivity index (χ1v) is 7.32. The lowest BCUT2D eigenvalue weighted by Crippen LogP contribution is -2.23. The SMILES string of the molecule is CCCNC(c1cccc(F)c1)c1cccc(CC)c1. The Morgan fingerprint density at radius 3 is 2.35 bits per heavy atom. The molecule has 2 rings (SSSR count). The average molecular weight is 271 g/mol. The second kappa shape index (κ2) is 7.20. The van der Waals surface area contributed by atoms with Crippen molar-refractivity contribution in [3.8, 4) is 0 Å². The van der Waals surface area contributed by atoms with E-state index >= 15 is 0 Å². The van der Waals surface area contributed by atoms with Crippen LogP contribution in [0.4, 0.5) is 4.39 Å². The van der Waals surface area contributed by atoms with Crippen molar-refractivity contribution in [1.82, 2.24) is 5.32 Å². The van der Waals surface area contributed by atoms with Gasteiger partial charge in [0.1, 0.15) is 5.82 Å². The molecule has 0 amide bonds. The maximum Gasteiger partial charge on any atom is 0.123 e. The number of hydrogen-bond acceptors (Lipinski definition) is 1. The van der Waals surface area contributed by atoms with Gasteiger partial charge in [0.15, 0.2) is 0 Å². The topological polar surface area (TPSA) is 12.0 Å². The second-order valence-corrected chi connectivity index (χ2v) is 5.04. The molecule has 2 aromatic rings. The van der Waals surface area contributed by atoms with Crippen molar-refractivity contribution >= 4 is 0 Å². The summed E-state index contributed by atoms with van der Waals surface area (Å²) in [5, 5.41) is 3.51. The third-order valence-corrected chi connectivity index (χ3v) is 3.47. The standard InChI is InChI=1S/C18H22FN/c1-3-11-20-18(16-9-6-10-17(19)13-16)15-8-5-7-14(4-2)12-15/h5-10,12-13,18,20H,3-4,11H2,1-2H3. The molecule has 0 aromatic heterocycles. The largest absolute Gasteiger partial charge is 0.306 e. The normalized spacial score (nSPS) is 12.3. The lowest BCUT2D eigenvalue weighted by molar-refractivity contribution is 0.585. The predicted octanol–water partition coefficient (Wildman–Crippen LogP) is 4.48. The average Bonchev–Trinajstić information content (AvgIpc) is 2.48. The van der Waals surface area contributed by atoms with E-state index in [1.54, 1.807) is 12.1 Å². The van der Waals surface area contributed by atoms with E-state index in [9.17, 15) is 4.39 Å². The Kier molecular flexibility index (Phi) is 5.31. The molecule has 20 heavy (non-hydrogen) atoms. The van der Waals surface area contributed by atoms with Crippen molar-refractivity contribution in [2.75, 3.05) is 6.54 Å². The highest BCUT2D eigenvalue weighted by Crippen LogP contribution is 2.23. The summed E-state index contributed by atoms with van der Waals surface area (Å²) < 4.78 is 13.5. The molecule has 0 radical (unpaired) electrons. The molecule has 1 nitrogen and oxygen atoms in total. The van der Waals surface area contributed by atoms with Crippen LogP contribution in [0.15, 0.2) is 48.5 Å². The number of benzene rings is 2. The van der Waals surface area contributed by atoms with Gasteiger partial charge in [-0.05, 0) is 48.2 Å². The maximum atomic E-state index is 13.5. The minimum Gasteiger partial charge on any atom is -0.306 e. The maximum absolute atomic E-state index is 13.5. The third kappa shape index (κ3) is 3.67. The lowest BCUT2D eigenvalue weighted by Gasteiger charge is -2.20. The van der Waals surface area contributed by atoms with Crippen molar-refractivity contribution < 1.29 is 4.39 Å². The van der Waals surface area contributed by atoms with Crippen LogP contribution in [0.2, 0.25) is 0 Å². The summed E-state index contributed by atoms with van der Waals surface area (Å²) in [7, 11) is 0. The van der Waals surface area contributed by atoms with Gasteiger partial charge in [-0.25, -0.2) is 4.39 Å². The Hall–Kier alpha value is -1.67. The highest BCUT2D eigenvalue weighted by Gasteiger charge is 2.14. The fraction of sp³-hybridized carbons (Fsp3) is 0.333. The van der Waals surface area contributed by atoms with E-state index < -0.39 is 0 Å². The van der Waals surface area contributed by atoms with Gasteiger partial charge in [0.2, 0.25) is 0 Å². The summed E-state index contributed by atoms with van der Waals surface area (Å²) in [6.45, 7) is 5.20. The van der Waals surface area contributed by atoms with Gasteiger partial charge in [0, 0.05) is 0 Å². The summed E-state index contributed by atoms with van der Waals surface area (Å²) in [6.07, 6.45) is 2.07. The first kappa shape index (κ1) is 14.7. The third-order valence-electron chi connectivity index (χ3n) is 3.47. The molecule has 0 aliphatic carbocycles. The van der Waals surface area contributed by atoms with E-state index in [2.05, 4.69) is 43.4 Å². The summed E-state index contributed by atoms with van der Waals surface area (Å²) in [5.41, 5.74) is 3.48. The molecule has 0 saturated carbocycles. The highest BCUT2D eigenvalue weighted by atomic mass is 19.1. The minimum atomic E-state index is -0.183. The summed E-state index contributed by atoms with van der Waals surface area (Å²) in [5.74, 6) is -0.183. The predicted molar refractivity (Wildman–Crippen MR) is 82.4 cm³/mol. The van der Waals surface area contributed by atoms with Gasteiger partial charge in [-0.2, -0.15) is 0 Å². The van der Waals surface area contributed by atoms with Crippen LogP contribution in [0.1, 0.15) is 43.0 Å². The van der Waals surface area contributed by atoms with Gasteiger partial charge in [0.25, 0.3) is 0 Å². The molecule has 2 aromatic carbocycles. The molecule has 1 N–H and O–H groups in total. The van der Waals surface area contributed by atoms with Crippen LogP contribution in [0.3, 0.4) is 0 Å². The van der Waals surface area contributed by atoms with Gasteiger partial charge < -0.3 is 5.32 Å². The zero-order chi connectivity index (χ0) is 14.4. The van der Waals surface area contributed by atoms with E-state index in [1.807, 2.05) is 6.07 Å². The quantitative estimate of drug-likeness (QED) is 0.817. The fourth-order valence-electron chi connectivity index (χ4n) is 2.40. The summed E-state index contributed by atoms with van der Waals surface area (Å²) >= 11 is 0. The molecule has 2 heteroatoms. The Labute approximate surface area is 120 Å². The van der Waals surface area contributed by atoms with Gasteiger partial charge >= 0.3 is 0 Å². The molecular weight excluding hydrogens is 249 g/mol. The Morgan fingerprint density at radius 1 is 1.00 bits per heavy atom. The number of halogens is 1. The van der Waals surface area contributed by atoms with E-state index in [1.165, 1.54) is 17.2 Å². The Morgan fingerprint density at radius 2 is 1.70 bits per heavy atom. The van der Waals surface area contributed by atoms with Gasteiger partial charge in [0.05, 0.1) is 6.04 Å². The van der Waals surface area contributed by atoms with Gasteiger partial charge in [-0.15, -0.1) is 0 Å². The molecule has 0 aliphatic heterocycles. The molecular formula is C18H22FN. The lowest BCUT2D eigenvalue weighted by atomic mass is 9.96. The van der Waals surface area contributed by atoms with Crippen LogP contribution in [-0.2, 0) is 6.42 Å². The molecule has 0 heterocycles. The highest BCUT2D eigenvalue weighted by molar-refractivity contribution is 5.34.